The van der Waals surface area contributed by atoms with E-state index < -0.39 is 11.4 Å². The zero-order valence-corrected chi connectivity index (χ0v) is 6.84. The summed E-state index contributed by atoms with van der Waals surface area (Å²) in [5, 5.41) is 8.89. The molecule has 0 aromatic carbocycles. The molecule has 0 amide bonds. The van der Waals surface area contributed by atoms with Crippen LogP contribution in [0.5, 0.6) is 0 Å². The molecule has 0 heterocycles. The summed E-state index contributed by atoms with van der Waals surface area (Å²) in [6.45, 7) is 2.01. The Morgan fingerprint density at radius 3 is 2.36 bits per heavy atom. The topological polar surface area (TPSA) is 63.3 Å². The van der Waals surface area contributed by atoms with E-state index in [0.29, 0.717) is 5.92 Å². The summed E-state index contributed by atoms with van der Waals surface area (Å²) in [6, 6.07) is 0. The standard InChI is InChI=1S/C8H15NO2/c1-8(5-9,7(10)11)6-3-2-4-6/h6H,2-5,9H2,1H3,(H,10,11). The number of carboxylic acids is 1. The smallest absolute Gasteiger partial charge is 0.310 e. The highest BCUT2D eigenvalue weighted by atomic mass is 16.4. The van der Waals surface area contributed by atoms with Crippen molar-refractivity contribution in [3.8, 4) is 0 Å². The van der Waals surface area contributed by atoms with E-state index in [9.17, 15) is 4.79 Å². The minimum atomic E-state index is -0.746. The Balaban J connectivity index is 2.65. The van der Waals surface area contributed by atoms with Crippen molar-refractivity contribution in [3.63, 3.8) is 0 Å². The van der Waals surface area contributed by atoms with Gasteiger partial charge in [-0.05, 0) is 25.7 Å². The third-order valence-corrected chi connectivity index (χ3v) is 2.92. The molecule has 1 unspecified atom stereocenters. The molecule has 0 radical (unpaired) electrons. The Morgan fingerprint density at radius 1 is 1.73 bits per heavy atom. The first-order valence-electron chi connectivity index (χ1n) is 4.04. The largest absolute Gasteiger partial charge is 0.481 e. The Kier molecular flexibility index (Phi) is 2.18. The van der Waals surface area contributed by atoms with Crippen molar-refractivity contribution in [1.29, 1.82) is 0 Å². The van der Waals surface area contributed by atoms with E-state index in [4.69, 9.17) is 10.8 Å². The number of hydrogen-bond acceptors (Lipinski definition) is 2. The van der Waals surface area contributed by atoms with Crippen LogP contribution >= 0.6 is 0 Å². The molecule has 1 aliphatic rings. The van der Waals surface area contributed by atoms with E-state index in [2.05, 4.69) is 0 Å². The van der Waals surface area contributed by atoms with Crippen LogP contribution in [0.4, 0.5) is 0 Å². The van der Waals surface area contributed by atoms with Gasteiger partial charge >= 0.3 is 5.97 Å². The average Bonchev–Trinajstić information content (AvgIpc) is 1.83. The average molecular weight is 157 g/mol. The summed E-state index contributed by atoms with van der Waals surface area (Å²) in [5.74, 6) is -0.435. The third kappa shape index (κ3) is 1.25. The van der Waals surface area contributed by atoms with Gasteiger partial charge in [0.05, 0.1) is 5.41 Å². The molecule has 3 nitrogen and oxygen atoms in total. The van der Waals surface area contributed by atoms with Crippen LogP contribution in [-0.4, -0.2) is 17.6 Å². The van der Waals surface area contributed by atoms with Gasteiger partial charge in [0.2, 0.25) is 0 Å². The van der Waals surface area contributed by atoms with Crippen LogP contribution in [0, 0.1) is 11.3 Å². The van der Waals surface area contributed by atoms with Crippen LogP contribution in [0.15, 0.2) is 0 Å². The molecule has 0 aliphatic heterocycles. The lowest BCUT2D eigenvalue weighted by Gasteiger charge is -2.38. The van der Waals surface area contributed by atoms with Crippen molar-refractivity contribution < 1.29 is 9.90 Å². The van der Waals surface area contributed by atoms with Gasteiger partial charge in [-0.25, -0.2) is 0 Å². The highest BCUT2D eigenvalue weighted by molar-refractivity contribution is 5.75. The van der Waals surface area contributed by atoms with Gasteiger partial charge in [0.25, 0.3) is 0 Å². The normalized spacial score (nSPS) is 23.8. The second-order valence-corrected chi connectivity index (χ2v) is 3.55. The molecule has 1 atom stereocenters. The van der Waals surface area contributed by atoms with Gasteiger partial charge in [0, 0.05) is 6.54 Å². The number of carbonyl (C=O) groups is 1. The van der Waals surface area contributed by atoms with Crippen molar-refractivity contribution in [2.24, 2.45) is 17.1 Å². The summed E-state index contributed by atoms with van der Waals surface area (Å²) in [5.41, 5.74) is 4.77. The summed E-state index contributed by atoms with van der Waals surface area (Å²) in [7, 11) is 0. The minimum Gasteiger partial charge on any atom is -0.481 e. The molecule has 1 rings (SSSR count). The van der Waals surface area contributed by atoms with Crippen molar-refractivity contribution >= 4 is 5.97 Å². The Morgan fingerprint density at radius 2 is 2.27 bits per heavy atom. The monoisotopic (exact) mass is 157 g/mol. The number of aliphatic carboxylic acids is 1. The fourth-order valence-corrected chi connectivity index (χ4v) is 1.47. The molecule has 1 saturated carbocycles. The van der Waals surface area contributed by atoms with Gasteiger partial charge < -0.3 is 10.8 Å². The van der Waals surface area contributed by atoms with Crippen molar-refractivity contribution in [2.45, 2.75) is 26.2 Å². The molecule has 1 aliphatic carbocycles. The lowest BCUT2D eigenvalue weighted by molar-refractivity contribution is -0.152. The van der Waals surface area contributed by atoms with Crippen molar-refractivity contribution in [1.82, 2.24) is 0 Å². The summed E-state index contributed by atoms with van der Waals surface area (Å²) in [4.78, 5) is 10.8. The first kappa shape index (κ1) is 8.53. The number of carboxylic acid groups (broad SMARTS) is 1. The zero-order chi connectivity index (χ0) is 8.48. The molecule has 0 bridgehead atoms. The van der Waals surface area contributed by atoms with Crippen molar-refractivity contribution in [3.05, 3.63) is 0 Å². The maximum absolute atomic E-state index is 10.8. The molecular weight excluding hydrogens is 142 g/mol. The minimum absolute atomic E-state index is 0.257. The van der Waals surface area contributed by atoms with Crippen LogP contribution in [0.3, 0.4) is 0 Å². The van der Waals surface area contributed by atoms with Gasteiger partial charge in [0.15, 0.2) is 0 Å². The molecule has 11 heavy (non-hydrogen) atoms. The second-order valence-electron chi connectivity index (χ2n) is 3.55. The second kappa shape index (κ2) is 2.81. The highest BCUT2D eigenvalue weighted by Gasteiger charge is 2.42. The lowest BCUT2D eigenvalue weighted by atomic mass is 9.66. The quantitative estimate of drug-likeness (QED) is 0.638. The van der Waals surface area contributed by atoms with Crippen LogP contribution < -0.4 is 5.73 Å². The molecule has 0 aromatic heterocycles. The molecule has 3 N–H and O–H groups in total. The van der Waals surface area contributed by atoms with Crippen molar-refractivity contribution in [2.75, 3.05) is 6.54 Å². The maximum Gasteiger partial charge on any atom is 0.310 e. The summed E-state index contributed by atoms with van der Waals surface area (Å²) < 4.78 is 0. The highest BCUT2D eigenvalue weighted by Crippen LogP contribution is 2.41. The van der Waals surface area contributed by atoms with Gasteiger partial charge in [-0.1, -0.05) is 6.42 Å². The molecule has 0 saturated heterocycles. The lowest BCUT2D eigenvalue weighted by Crippen LogP contribution is -2.45. The molecule has 3 heteroatoms. The first-order valence-corrected chi connectivity index (χ1v) is 4.04. The molecule has 0 spiro atoms. The van der Waals surface area contributed by atoms with Gasteiger partial charge in [0.1, 0.15) is 0 Å². The Hall–Kier alpha value is -0.570. The van der Waals surface area contributed by atoms with E-state index in [1.54, 1.807) is 6.92 Å². The predicted octanol–water partition coefficient (Wildman–Crippen LogP) is 0.836. The van der Waals surface area contributed by atoms with E-state index in [-0.39, 0.29) is 6.54 Å². The summed E-state index contributed by atoms with van der Waals surface area (Å²) in [6.07, 6.45) is 3.22. The van der Waals surface area contributed by atoms with E-state index in [1.807, 2.05) is 0 Å². The Bertz CT molecular complexity index is 165. The number of rotatable bonds is 3. The van der Waals surface area contributed by atoms with Crippen LogP contribution in [0.25, 0.3) is 0 Å². The SMILES string of the molecule is CC(CN)(C(=O)O)C1CCC1. The summed E-state index contributed by atoms with van der Waals surface area (Å²) >= 11 is 0. The fourth-order valence-electron chi connectivity index (χ4n) is 1.47. The van der Waals surface area contributed by atoms with E-state index >= 15 is 0 Å². The van der Waals surface area contributed by atoms with Crippen LogP contribution in [0.1, 0.15) is 26.2 Å². The van der Waals surface area contributed by atoms with Crippen LogP contribution in [-0.2, 0) is 4.79 Å². The first-order chi connectivity index (χ1) is 5.11. The molecule has 64 valence electrons. The maximum atomic E-state index is 10.8. The van der Waals surface area contributed by atoms with Gasteiger partial charge in [-0.3, -0.25) is 4.79 Å². The van der Waals surface area contributed by atoms with E-state index in [1.165, 1.54) is 0 Å². The molecule has 0 aromatic rings. The predicted molar refractivity (Wildman–Crippen MR) is 42.1 cm³/mol. The third-order valence-electron chi connectivity index (χ3n) is 2.92. The van der Waals surface area contributed by atoms with Gasteiger partial charge in [-0.15, -0.1) is 0 Å². The number of hydrogen-bond donors (Lipinski definition) is 2. The number of nitrogens with two attached hydrogens (primary N) is 1. The van der Waals surface area contributed by atoms with Crippen LogP contribution in [0.2, 0.25) is 0 Å². The fraction of sp³-hybridized carbons (Fsp3) is 0.875. The molecular formula is C8H15NO2. The zero-order valence-electron chi connectivity index (χ0n) is 6.84. The van der Waals surface area contributed by atoms with Gasteiger partial charge in [-0.2, -0.15) is 0 Å². The van der Waals surface area contributed by atoms with E-state index in [0.717, 1.165) is 19.3 Å². The Labute approximate surface area is 66.6 Å². The molecule has 1 fully saturated rings.